The Hall–Kier alpha value is -2.50. The number of hydrogen-bond donors (Lipinski definition) is 0. The van der Waals surface area contributed by atoms with Gasteiger partial charge < -0.3 is 4.74 Å². The molecule has 11 heteroatoms. The summed E-state index contributed by atoms with van der Waals surface area (Å²) in [6.45, 7) is 5.64. The Kier molecular flexibility index (Phi) is 7.21. The molecular formula is C21H27N3O6S2. The van der Waals surface area contributed by atoms with Crippen molar-refractivity contribution in [3.63, 3.8) is 0 Å². The lowest BCUT2D eigenvalue weighted by atomic mass is 10.2. The first-order valence-corrected chi connectivity index (χ1v) is 13.4. The van der Waals surface area contributed by atoms with Gasteiger partial charge in [0.15, 0.2) is 0 Å². The number of amides is 1. The molecule has 1 aromatic carbocycles. The molecule has 9 nitrogen and oxygen atoms in total. The summed E-state index contributed by atoms with van der Waals surface area (Å²) in [7, 11) is -7.90. The number of carbonyl (C=O) groups is 1. The first-order valence-electron chi connectivity index (χ1n) is 10.3. The molecule has 0 bridgehead atoms. The third kappa shape index (κ3) is 4.79. The van der Waals surface area contributed by atoms with Crippen LogP contribution in [0.5, 0.6) is 5.75 Å². The molecule has 174 valence electrons. The Morgan fingerprint density at radius 3 is 2.44 bits per heavy atom. The molecule has 0 saturated carbocycles. The molecule has 1 aliphatic heterocycles. The number of aromatic nitrogens is 1. The van der Waals surface area contributed by atoms with Gasteiger partial charge in [-0.05, 0) is 49.2 Å². The number of rotatable bonds is 9. The number of nitrogens with zero attached hydrogens (tertiary/aromatic N) is 3. The lowest BCUT2D eigenvalue weighted by molar-refractivity contribution is -0.119. The molecule has 1 amide bonds. The van der Waals surface area contributed by atoms with Crippen molar-refractivity contribution in [1.82, 2.24) is 9.29 Å². The average molecular weight is 482 g/mol. The molecule has 2 heterocycles. The zero-order chi connectivity index (χ0) is 23.5. The highest BCUT2D eigenvalue weighted by atomic mass is 32.2. The number of ether oxygens (including phenoxy) is 1. The van der Waals surface area contributed by atoms with Crippen molar-refractivity contribution in [2.24, 2.45) is 5.92 Å². The van der Waals surface area contributed by atoms with Crippen LogP contribution in [0.1, 0.15) is 26.3 Å². The minimum Gasteiger partial charge on any atom is -0.492 e. The molecule has 0 spiro atoms. The van der Waals surface area contributed by atoms with E-state index in [0.29, 0.717) is 10.7 Å². The van der Waals surface area contributed by atoms with Crippen molar-refractivity contribution >= 4 is 31.6 Å². The molecule has 0 N–H and O–H groups in total. The highest BCUT2D eigenvalue weighted by Gasteiger charge is 2.42. The van der Waals surface area contributed by atoms with E-state index < -0.39 is 31.9 Å². The third-order valence-electron chi connectivity index (χ3n) is 5.19. The van der Waals surface area contributed by atoms with Gasteiger partial charge >= 0.3 is 0 Å². The van der Waals surface area contributed by atoms with Crippen molar-refractivity contribution < 1.29 is 26.4 Å². The molecule has 32 heavy (non-hydrogen) atoms. The number of anilines is 1. The average Bonchev–Trinajstić information content (AvgIpc) is 2.96. The molecular weight excluding hydrogens is 454 g/mol. The fourth-order valence-electron chi connectivity index (χ4n) is 3.58. The summed E-state index contributed by atoms with van der Waals surface area (Å²) in [5, 5.41) is 0. The lowest BCUT2D eigenvalue weighted by Gasteiger charge is -2.23. The summed E-state index contributed by atoms with van der Waals surface area (Å²) < 4.78 is 59.6. The molecule has 1 aromatic heterocycles. The van der Waals surface area contributed by atoms with Gasteiger partial charge in [0.05, 0.1) is 24.0 Å². The number of carbonyl (C=O) groups excluding carboxylic acids is 1. The second kappa shape index (κ2) is 9.55. The molecule has 1 saturated heterocycles. The van der Waals surface area contributed by atoms with Crippen LogP contribution in [0.2, 0.25) is 0 Å². The maximum atomic E-state index is 13.5. The van der Waals surface area contributed by atoms with E-state index in [1.165, 1.54) is 29.4 Å². The Balaban J connectivity index is 2.01. The Bertz CT molecular complexity index is 1180. The summed E-state index contributed by atoms with van der Waals surface area (Å²) in [4.78, 5) is 16.3. The minimum atomic E-state index is -4.03. The molecule has 2 aromatic rings. The van der Waals surface area contributed by atoms with E-state index in [2.05, 4.69) is 4.98 Å². The SMILES string of the molecule is CCOc1ccc(N2C(=O)C(C)CS2(=O)=O)cc1S(=O)(=O)N(CC)CCc1ccncc1. The maximum Gasteiger partial charge on any atom is 0.246 e. The van der Waals surface area contributed by atoms with Crippen LogP contribution in [0.25, 0.3) is 0 Å². The molecule has 3 rings (SSSR count). The van der Waals surface area contributed by atoms with E-state index >= 15 is 0 Å². The summed E-state index contributed by atoms with van der Waals surface area (Å²) >= 11 is 0. The van der Waals surface area contributed by atoms with E-state index in [1.807, 2.05) is 12.1 Å². The van der Waals surface area contributed by atoms with Gasteiger partial charge in [-0.25, -0.2) is 21.1 Å². The second-order valence-electron chi connectivity index (χ2n) is 7.45. The fraction of sp³-hybridized carbons (Fsp3) is 0.429. The molecule has 1 unspecified atom stereocenters. The number of benzene rings is 1. The molecule has 0 aliphatic carbocycles. The Labute approximate surface area is 189 Å². The summed E-state index contributed by atoms with van der Waals surface area (Å²) in [5.74, 6) is -1.48. The smallest absolute Gasteiger partial charge is 0.246 e. The quantitative estimate of drug-likeness (QED) is 0.538. The highest BCUT2D eigenvalue weighted by Crippen LogP contribution is 2.35. The first-order chi connectivity index (χ1) is 15.1. The normalized spacial score (nSPS) is 18.3. The summed E-state index contributed by atoms with van der Waals surface area (Å²) in [6.07, 6.45) is 3.77. The van der Waals surface area contributed by atoms with Crippen LogP contribution in [0, 0.1) is 5.92 Å². The fourth-order valence-corrected chi connectivity index (χ4v) is 6.99. The van der Waals surface area contributed by atoms with Crippen molar-refractivity contribution in [3.8, 4) is 5.75 Å². The van der Waals surface area contributed by atoms with Crippen LogP contribution in [-0.2, 0) is 31.3 Å². The van der Waals surface area contributed by atoms with Gasteiger partial charge in [0.25, 0.3) is 0 Å². The van der Waals surface area contributed by atoms with Gasteiger partial charge in [0, 0.05) is 25.5 Å². The van der Waals surface area contributed by atoms with Crippen LogP contribution in [0.4, 0.5) is 5.69 Å². The molecule has 1 aliphatic rings. The summed E-state index contributed by atoms with van der Waals surface area (Å²) in [5.41, 5.74) is 0.932. The van der Waals surface area contributed by atoms with Gasteiger partial charge in [-0.1, -0.05) is 13.8 Å². The molecule has 1 fully saturated rings. The van der Waals surface area contributed by atoms with Gasteiger partial charge in [-0.3, -0.25) is 9.78 Å². The number of hydrogen-bond acceptors (Lipinski definition) is 7. The molecule has 0 radical (unpaired) electrons. The second-order valence-corrected chi connectivity index (χ2v) is 11.2. The van der Waals surface area contributed by atoms with E-state index in [4.69, 9.17) is 4.74 Å². The monoisotopic (exact) mass is 481 g/mol. The van der Waals surface area contributed by atoms with Gasteiger partial charge in [-0.2, -0.15) is 4.31 Å². The first kappa shape index (κ1) is 24.1. The van der Waals surface area contributed by atoms with Crippen LogP contribution in [-0.4, -0.2) is 57.5 Å². The van der Waals surface area contributed by atoms with E-state index in [9.17, 15) is 21.6 Å². The minimum absolute atomic E-state index is 0.00781. The van der Waals surface area contributed by atoms with E-state index in [1.54, 1.807) is 26.2 Å². The van der Waals surface area contributed by atoms with Gasteiger partial charge in [0.1, 0.15) is 10.6 Å². The predicted octanol–water partition coefficient (Wildman–Crippen LogP) is 2.05. The van der Waals surface area contributed by atoms with E-state index in [0.717, 1.165) is 5.56 Å². The van der Waals surface area contributed by atoms with Crippen molar-refractivity contribution in [1.29, 1.82) is 0 Å². The maximum absolute atomic E-state index is 13.5. The summed E-state index contributed by atoms with van der Waals surface area (Å²) in [6, 6.07) is 7.64. The third-order valence-corrected chi connectivity index (χ3v) is 9.06. The van der Waals surface area contributed by atoms with Gasteiger partial charge in [-0.15, -0.1) is 0 Å². The van der Waals surface area contributed by atoms with E-state index in [-0.39, 0.29) is 41.8 Å². The topological polar surface area (TPSA) is 114 Å². The van der Waals surface area contributed by atoms with Crippen molar-refractivity contribution in [3.05, 3.63) is 48.3 Å². The van der Waals surface area contributed by atoms with Crippen molar-refractivity contribution in [2.75, 3.05) is 29.8 Å². The van der Waals surface area contributed by atoms with Crippen LogP contribution < -0.4 is 9.04 Å². The Morgan fingerprint density at radius 1 is 1.19 bits per heavy atom. The number of likely N-dealkylation sites (N-methyl/N-ethyl adjacent to an activating group) is 1. The highest BCUT2D eigenvalue weighted by molar-refractivity contribution is 7.94. The standard InChI is InChI=1S/C21H27N3O6S2/c1-4-23(13-10-17-8-11-22-12-9-17)32(28,29)20-14-18(6-7-19(20)30-5-2)24-21(25)16(3)15-31(24,26)27/h6-9,11-12,14,16H,4-5,10,13,15H2,1-3H3. The number of sulfonamides is 2. The molecule has 1 atom stereocenters. The lowest BCUT2D eigenvalue weighted by Crippen LogP contribution is -2.34. The van der Waals surface area contributed by atoms with Gasteiger partial charge in [0.2, 0.25) is 26.0 Å². The van der Waals surface area contributed by atoms with Crippen LogP contribution in [0.3, 0.4) is 0 Å². The Morgan fingerprint density at radius 2 is 1.88 bits per heavy atom. The number of pyridine rings is 1. The van der Waals surface area contributed by atoms with Crippen molar-refractivity contribution in [2.45, 2.75) is 32.1 Å². The largest absolute Gasteiger partial charge is 0.492 e. The van der Waals surface area contributed by atoms with Crippen LogP contribution in [0.15, 0.2) is 47.6 Å². The zero-order valence-electron chi connectivity index (χ0n) is 18.3. The predicted molar refractivity (Wildman–Crippen MR) is 120 cm³/mol. The zero-order valence-corrected chi connectivity index (χ0v) is 19.9. The van der Waals surface area contributed by atoms with Crippen LogP contribution >= 0.6 is 0 Å².